The van der Waals surface area contributed by atoms with Gasteiger partial charge in [-0.15, -0.1) is 0 Å². The molecule has 0 aliphatic heterocycles. The largest absolute Gasteiger partial charge is 0.439 e. The minimum atomic E-state index is -1.53. The van der Waals surface area contributed by atoms with Gasteiger partial charge in [-0.3, -0.25) is 0 Å². The van der Waals surface area contributed by atoms with Crippen LogP contribution in [0.25, 0.3) is 0 Å². The van der Waals surface area contributed by atoms with Gasteiger partial charge < -0.3 is 12.7 Å². The molecule has 0 aromatic carbocycles. The van der Waals surface area contributed by atoms with Gasteiger partial charge in [-0.05, 0) is 72.3 Å². The number of hydrogen-bond donors (Lipinski definition) is 0. The lowest BCUT2D eigenvalue weighted by molar-refractivity contribution is 0.347. The molecule has 0 N–H and O–H groups in total. The molecule has 0 aliphatic carbocycles. The summed E-state index contributed by atoms with van der Waals surface area (Å²) in [6.07, 6.45) is 1.13. The molecule has 0 saturated heterocycles. The van der Waals surface area contributed by atoms with Crippen LogP contribution in [0, 0.1) is 6.10 Å². The molecule has 0 aromatic heterocycles. The van der Waals surface area contributed by atoms with Gasteiger partial charge >= 0.3 is 9.28 Å². The second-order valence-corrected chi connectivity index (χ2v) is 33.7. The van der Waals surface area contributed by atoms with E-state index in [1.54, 1.807) is 0 Å². The van der Waals surface area contributed by atoms with Crippen LogP contribution in [-0.4, -0.2) is 42.1 Å². The summed E-state index contributed by atoms with van der Waals surface area (Å²) in [5.74, 6) is 0. The maximum atomic E-state index is 6.44. The summed E-state index contributed by atoms with van der Waals surface area (Å²) in [6, 6.07) is 2.48. The third kappa shape index (κ3) is 11.5. The van der Waals surface area contributed by atoms with Crippen LogP contribution in [0.3, 0.4) is 0 Å². The normalized spacial score (nSPS) is 15.7. The van der Waals surface area contributed by atoms with Crippen molar-refractivity contribution in [1.29, 1.82) is 0 Å². The van der Waals surface area contributed by atoms with Gasteiger partial charge in [0.2, 0.25) is 0 Å². The summed E-state index contributed by atoms with van der Waals surface area (Å²) < 4.78 is 19.1. The number of hydrogen-bond acceptors (Lipinski definition) is 3. The van der Waals surface area contributed by atoms with Gasteiger partial charge in [0.25, 0.3) is 0 Å². The highest BCUT2D eigenvalue weighted by Crippen LogP contribution is 2.22. The summed E-state index contributed by atoms with van der Waals surface area (Å²) in [7, 11) is -6.93. The van der Waals surface area contributed by atoms with Gasteiger partial charge in [0.1, 0.15) is 0 Å². The first-order valence-electron chi connectivity index (χ1n) is 8.47. The zero-order valence-corrected chi connectivity index (χ0v) is 22.1. The first-order valence-corrected chi connectivity index (χ1v) is 23.7. The summed E-state index contributed by atoms with van der Waals surface area (Å²) in [4.78, 5) is 0. The Kier molecular flexibility index (Phi) is 9.27. The molecule has 1 atom stereocenters. The van der Waals surface area contributed by atoms with Gasteiger partial charge in [-0.2, -0.15) is 0 Å². The topological polar surface area (TPSA) is 27.7 Å². The van der Waals surface area contributed by atoms with Crippen molar-refractivity contribution in [3.63, 3.8) is 0 Å². The van der Waals surface area contributed by atoms with Crippen molar-refractivity contribution in [2.45, 2.75) is 84.9 Å². The maximum Gasteiger partial charge on any atom is 0.300 e. The molecule has 0 amide bonds. The zero-order chi connectivity index (χ0) is 17.8. The highest BCUT2D eigenvalue weighted by Gasteiger charge is 2.35. The van der Waals surface area contributed by atoms with Crippen molar-refractivity contribution in [2.75, 3.05) is 0 Å². The first kappa shape index (κ1) is 23.0. The molecule has 8 heteroatoms. The van der Waals surface area contributed by atoms with Crippen molar-refractivity contribution in [3.8, 4) is 0 Å². The van der Waals surface area contributed by atoms with Gasteiger partial charge in [-0.1, -0.05) is 12.6 Å². The van der Waals surface area contributed by atoms with E-state index in [1.165, 1.54) is 12.1 Å². The predicted molar refractivity (Wildman–Crippen MR) is 112 cm³/mol. The molecule has 3 nitrogen and oxygen atoms in total. The van der Waals surface area contributed by atoms with E-state index in [4.69, 9.17) is 12.7 Å². The average Bonchev–Trinajstić information content (AvgIpc) is 2.18. The molecule has 0 rings (SSSR count). The van der Waals surface area contributed by atoms with Gasteiger partial charge in [0.15, 0.2) is 24.5 Å². The summed E-state index contributed by atoms with van der Waals surface area (Å²) in [6.45, 7) is 25.1. The third-order valence-corrected chi connectivity index (χ3v) is 25.5. The highest BCUT2D eigenvalue weighted by molar-refractivity contribution is 7.29. The lowest BCUT2D eigenvalue weighted by atomic mass is 10.5. The molecule has 0 bridgehead atoms. The van der Waals surface area contributed by atoms with Crippen molar-refractivity contribution in [1.82, 2.24) is 0 Å². The molecular weight excluding hydrogens is 357 g/mol. The monoisotopic (exact) mass is 395 g/mol. The van der Waals surface area contributed by atoms with E-state index >= 15 is 0 Å². The quantitative estimate of drug-likeness (QED) is 0.504. The van der Waals surface area contributed by atoms with Gasteiger partial charge in [-0.25, -0.2) is 0 Å². The van der Waals surface area contributed by atoms with Crippen LogP contribution in [-0.2, 0) is 12.7 Å². The molecule has 22 heavy (non-hydrogen) atoms. The fraction of sp³-hybridized carbons (Fsp3) is 0.929. The summed E-state index contributed by atoms with van der Waals surface area (Å²) >= 11 is 0. The Balaban J connectivity index is 4.67. The van der Waals surface area contributed by atoms with E-state index < -0.39 is 42.1 Å². The smallest absolute Gasteiger partial charge is 0.300 e. The minimum absolute atomic E-state index is 0.858. The second kappa shape index (κ2) is 8.88. The van der Waals surface area contributed by atoms with Gasteiger partial charge in [0, 0.05) is 0 Å². The molecule has 0 aromatic rings. The van der Waals surface area contributed by atoms with Crippen LogP contribution in [0.15, 0.2) is 0 Å². The summed E-state index contributed by atoms with van der Waals surface area (Å²) in [5, 5.41) is 0. The van der Waals surface area contributed by atoms with Crippen molar-refractivity contribution in [2.24, 2.45) is 0 Å². The van der Waals surface area contributed by atoms with E-state index in [0.29, 0.717) is 0 Å². The number of rotatable bonds is 10. The van der Waals surface area contributed by atoms with Gasteiger partial charge in [0.05, 0.1) is 14.4 Å². The van der Waals surface area contributed by atoms with Crippen molar-refractivity contribution < 1.29 is 12.7 Å². The van der Waals surface area contributed by atoms with Crippen LogP contribution < -0.4 is 0 Å². The molecule has 1 unspecified atom stereocenters. The molecule has 0 saturated carbocycles. The zero-order valence-electron chi connectivity index (χ0n) is 16.8. The predicted octanol–water partition coefficient (Wildman–Crippen LogP) is 4.64. The lowest BCUT2D eigenvalue weighted by Crippen LogP contribution is -2.48. The third-order valence-electron chi connectivity index (χ3n) is 3.46. The SMILES string of the molecule is C[C](C)O[Si](C)(C)[SiH](C)CC[SiH](O[Si](C)(C)C)O[Si](C)(C)C. The van der Waals surface area contributed by atoms with E-state index in [9.17, 15) is 0 Å². The Morgan fingerprint density at radius 3 is 1.50 bits per heavy atom. The fourth-order valence-corrected chi connectivity index (χ4v) is 20.1. The standard InChI is InChI=1S/C14H39O3Si5/c1-14(2)15-22(10,11)18(3)12-13-19(16-20(4,5)6)17-21(7,8)9/h18-19H,12-13H2,1-11H3. The first-order chi connectivity index (χ1) is 9.62. The maximum absolute atomic E-state index is 6.44. The molecule has 0 fully saturated rings. The van der Waals surface area contributed by atoms with Crippen LogP contribution in [0.4, 0.5) is 0 Å². The lowest BCUT2D eigenvalue weighted by Gasteiger charge is -2.34. The van der Waals surface area contributed by atoms with Crippen LogP contribution in [0.2, 0.25) is 71.0 Å². The average molecular weight is 396 g/mol. The Labute approximate surface area is 145 Å². The second-order valence-electron chi connectivity index (χ2n) is 8.98. The Morgan fingerprint density at radius 1 is 0.773 bits per heavy atom. The molecule has 0 spiro atoms. The van der Waals surface area contributed by atoms with Crippen LogP contribution >= 0.6 is 0 Å². The van der Waals surface area contributed by atoms with E-state index in [0.717, 1.165) is 6.10 Å². The van der Waals surface area contributed by atoms with E-state index in [-0.39, 0.29) is 0 Å². The molecule has 0 aliphatic rings. The minimum Gasteiger partial charge on any atom is -0.439 e. The fourth-order valence-electron chi connectivity index (χ4n) is 2.29. The van der Waals surface area contributed by atoms with Crippen molar-refractivity contribution in [3.05, 3.63) is 6.10 Å². The van der Waals surface area contributed by atoms with E-state index in [1.807, 2.05) is 0 Å². The Morgan fingerprint density at radius 2 is 1.18 bits per heavy atom. The Bertz CT molecular complexity index is 307. The molecule has 133 valence electrons. The van der Waals surface area contributed by atoms with Crippen LogP contribution in [0.1, 0.15) is 13.8 Å². The van der Waals surface area contributed by atoms with Crippen molar-refractivity contribution >= 4 is 42.1 Å². The summed E-state index contributed by atoms with van der Waals surface area (Å²) in [5.41, 5.74) is 0. The molecule has 1 radical (unpaired) electrons. The molecule has 0 heterocycles. The van der Waals surface area contributed by atoms with E-state index in [2.05, 4.69) is 72.8 Å². The highest BCUT2D eigenvalue weighted by atomic mass is 29.2. The molecular formula is C14H39O3Si5. The Hall–Kier alpha value is 0.964. The van der Waals surface area contributed by atoms with Crippen LogP contribution in [0.5, 0.6) is 0 Å².